The van der Waals surface area contributed by atoms with Gasteiger partial charge in [0.05, 0.1) is 12.2 Å². The van der Waals surface area contributed by atoms with Gasteiger partial charge >= 0.3 is 6.09 Å². The molecule has 34 heavy (non-hydrogen) atoms. The van der Waals surface area contributed by atoms with E-state index in [1.165, 1.54) is 38.1 Å². The molecule has 0 aromatic heterocycles. The Morgan fingerprint density at radius 2 is 1.41 bits per heavy atom. The molecule has 5 nitrogen and oxygen atoms in total. The highest BCUT2D eigenvalue weighted by atomic mass is 19.1. The van der Waals surface area contributed by atoms with Gasteiger partial charge in [0.25, 0.3) is 0 Å². The highest BCUT2D eigenvalue weighted by molar-refractivity contribution is 5.94. The van der Waals surface area contributed by atoms with Crippen molar-refractivity contribution in [2.24, 2.45) is 5.41 Å². The van der Waals surface area contributed by atoms with Gasteiger partial charge in [-0.1, -0.05) is 32.9 Å². The van der Waals surface area contributed by atoms with E-state index >= 15 is 8.78 Å². The van der Waals surface area contributed by atoms with Crippen LogP contribution in [0, 0.1) is 36.7 Å². The van der Waals surface area contributed by atoms with Crippen LogP contribution < -0.4 is 10.2 Å². The standard InChI is InChI=1S/C26H33F3N2O3/c1-15-20(28)23(21(29)16(2)22(15)30-19(32)13-25(3,4)5)31(24(33)34-26(6,7)8)14-17-9-11-18(27)12-10-17/h9-12H,13-14H2,1-8H3,(H,30,32). The van der Waals surface area contributed by atoms with Gasteiger partial charge in [0.2, 0.25) is 5.91 Å². The van der Waals surface area contributed by atoms with Gasteiger partial charge in [-0.05, 0) is 57.7 Å². The Hall–Kier alpha value is -3.03. The van der Waals surface area contributed by atoms with Gasteiger partial charge in [0.1, 0.15) is 17.1 Å². The summed E-state index contributed by atoms with van der Waals surface area (Å²) in [7, 11) is 0. The van der Waals surface area contributed by atoms with Gasteiger partial charge in [-0.25, -0.2) is 18.0 Å². The van der Waals surface area contributed by atoms with E-state index in [1.54, 1.807) is 20.8 Å². The summed E-state index contributed by atoms with van der Waals surface area (Å²) in [5.41, 5.74) is -1.38. The fourth-order valence-electron chi connectivity index (χ4n) is 3.37. The number of halogens is 3. The van der Waals surface area contributed by atoms with Crippen molar-refractivity contribution in [3.8, 4) is 0 Å². The molecule has 2 amide bonds. The lowest BCUT2D eigenvalue weighted by molar-refractivity contribution is -0.117. The molecule has 0 aliphatic carbocycles. The topological polar surface area (TPSA) is 58.6 Å². The van der Waals surface area contributed by atoms with Crippen molar-refractivity contribution in [2.75, 3.05) is 10.2 Å². The fourth-order valence-corrected chi connectivity index (χ4v) is 3.37. The summed E-state index contributed by atoms with van der Waals surface area (Å²) < 4.78 is 50.0. The molecular formula is C26H33F3N2O3. The molecule has 0 heterocycles. The van der Waals surface area contributed by atoms with E-state index in [-0.39, 0.29) is 41.1 Å². The van der Waals surface area contributed by atoms with E-state index in [4.69, 9.17) is 4.74 Å². The lowest BCUT2D eigenvalue weighted by Gasteiger charge is -2.29. The molecule has 0 unspecified atom stereocenters. The van der Waals surface area contributed by atoms with Crippen molar-refractivity contribution in [3.63, 3.8) is 0 Å². The molecule has 0 saturated heterocycles. The Kier molecular flexibility index (Phi) is 8.06. The Morgan fingerprint density at radius 1 is 0.912 bits per heavy atom. The quantitative estimate of drug-likeness (QED) is 0.502. The second kappa shape index (κ2) is 10.1. The molecule has 0 aliphatic heterocycles. The van der Waals surface area contributed by atoms with Crippen LogP contribution in [0.5, 0.6) is 0 Å². The summed E-state index contributed by atoms with van der Waals surface area (Å²) in [5.74, 6) is -2.85. The number of nitrogens with one attached hydrogen (secondary N) is 1. The van der Waals surface area contributed by atoms with Gasteiger partial charge < -0.3 is 10.1 Å². The number of hydrogen-bond donors (Lipinski definition) is 1. The first kappa shape index (κ1) is 27.2. The number of benzene rings is 2. The van der Waals surface area contributed by atoms with Crippen LogP contribution >= 0.6 is 0 Å². The molecule has 0 bridgehead atoms. The first-order chi connectivity index (χ1) is 15.5. The van der Waals surface area contributed by atoms with E-state index in [0.29, 0.717) is 5.56 Å². The highest BCUT2D eigenvalue weighted by Crippen LogP contribution is 2.37. The van der Waals surface area contributed by atoms with Crippen molar-refractivity contribution in [2.45, 2.75) is 74.0 Å². The summed E-state index contributed by atoms with van der Waals surface area (Å²) >= 11 is 0. The van der Waals surface area contributed by atoms with Gasteiger partial charge in [0.15, 0.2) is 11.6 Å². The third kappa shape index (κ3) is 6.98. The van der Waals surface area contributed by atoms with Gasteiger partial charge in [-0.2, -0.15) is 0 Å². The molecule has 0 fully saturated rings. The van der Waals surface area contributed by atoms with Crippen molar-refractivity contribution < 1.29 is 27.5 Å². The van der Waals surface area contributed by atoms with Gasteiger partial charge in [0, 0.05) is 17.5 Å². The largest absolute Gasteiger partial charge is 0.443 e. The minimum atomic E-state index is -0.998. The van der Waals surface area contributed by atoms with Crippen LogP contribution in [0.2, 0.25) is 0 Å². The van der Waals surface area contributed by atoms with Crippen LogP contribution in [0.3, 0.4) is 0 Å². The maximum absolute atomic E-state index is 15.6. The average molecular weight is 479 g/mol. The van der Waals surface area contributed by atoms with Crippen LogP contribution in [-0.4, -0.2) is 17.6 Å². The minimum Gasteiger partial charge on any atom is -0.443 e. The Morgan fingerprint density at radius 3 is 1.85 bits per heavy atom. The monoisotopic (exact) mass is 478 g/mol. The highest BCUT2D eigenvalue weighted by Gasteiger charge is 2.32. The third-order valence-corrected chi connectivity index (χ3v) is 4.92. The number of amides is 2. The molecule has 8 heteroatoms. The first-order valence-electron chi connectivity index (χ1n) is 11.0. The zero-order chi connectivity index (χ0) is 26.0. The number of carbonyl (C=O) groups excluding carboxylic acids is 2. The lowest BCUT2D eigenvalue weighted by atomic mass is 9.92. The van der Waals surface area contributed by atoms with Gasteiger partial charge in [-0.15, -0.1) is 0 Å². The SMILES string of the molecule is Cc1c(F)c(N(Cc2ccc(F)cc2)C(=O)OC(C)(C)C)c(F)c(C)c1NC(=O)CC(C)(C)C. The van der Waals surface area contributed by atoms with E-state index in [1.807, 2.05) is 20.8 Å². The summed E-state index contributed by atoms with van der Waals surface area (Å²) in [5, 5.41) is 2.61. The predicted molar refractivity (Wildman–Crippen MR) is 127 cm³/mol. The molecule has 1 N–H and O–H groups in total. The van der Waals surface area contributed by atoms with Crippen molar-refractivity contribution in [1.82, 2.24) is 0 Å². The first-order valence-corrected chi connectivity index (χ1v) is 11.0. The van der Waals surface area contributed by atoms with Crippen molar-refractivity contribution in [1.29, 1.82) is 0 Å². The molecule has 2 aromatic carbocycles. The van der Waals surface area contributed by atoms with Crippen LogP contribution in [0.25, 0.3) is 0 Å². The van der Waals surface area contributed by atoms with Crippen LogP contribution in [0.15, 0.2) is 24.3 Å². The Bertz CT molecular complexity index is 1040. The predicted octanol–water partition coefficient (Wildman–Crippen LogP) is 7.04. The zero-order valence-electron chi connectivity index (χ0n) is 21.0. The second-order valence-electron chi connectivity index (χ2n) is 10.6. The Balaban J connectivity index is 2.57. The van der Waals surface area contributed by atoms with Crippen molar-refractivity contribution in [3.05, 3.63) is 58.4 Å². The summed E-state index contributed by atoms with van der Waals surface area (Å²) in [6.45, 7) is 13.1. The minimum absolute atomic E-state index is 0.0103. The average Bonchev–Trinajstić information content (AvgIpc) is 2.68. The van der Waals surface area contributed by atoms with Crippen molar-refractivity contribution >= 4 is 23.4 Å². The van der Waals surface area contributed by atoms with Crippen LogP contribution in [0.4, 0.5) is 29.3 Å². The number of nitrogens with zero attached hydrogens (tertiary/aromatic N) is 1. The molecule has 186 valence electrons. The molecule has 0 radical (unpaired) electrons. The molecular weight excluding hydrogens is 445 g/mol. The third-order valence-electron chi connectivity index (χ3n) is 4.92. The molecule has 2 rings (SSSR count). The normalized spacial score (nSPS) is 11.9. The maximum Gasteiger partial charge on any atom is 0.415 e. The number of anilines is 2. The number of hydrogen-bond acceptors (Lipinski definition) is 3. The van der Waals surface area contributed by atoms with E-state index in [2.05, 4.69) is 5.32 Å². The van der Waals surface area contributed by atoms with E-state index in [0.717, 1.165) is 4.90 Å². The van der Waals surface area contributed by atoms with Crippen LogP contribution in [-0.2, 0) is 16.1 Å². The zero-order valence-corrected chi connectivity index (χ0v) is 21.0. The van der Waals surface area contributed by atoms with Crippen LogP contribution in [0.1, 0.15) is 64.7 Å². The number of ether oxygens (including phenoxy) is 1. The summed E-state index contributed by atoms with van der Waals surface area (Å²) in [4.78, 5) is 26.3. The smallest absolute Gasteiger partial charge is 0.415 e. The molecule has 0 aliphatic rings. The summed E-state index contributed by atoms with van der Waals surface area (Å²) in [6.07, 6.45) is -0.802. The van der Waals surface area contributed by atoms with E-state index < -0.39 is 34.8 Å². The maximum atomic E-state index is 15.6. The fraction of sp³-hybridized carbons (Fsp3) is 0.462. The lowest BCUT2D eigenvalue weighted by Crippen LogP contribution is -2.38. The molecule has 2 aromatic rings. The number of rotatable bonds is 5. The summed E-state index contributed by atoms with van der Waals surface area (Å²) in [6, 6.07) is 5.23. The van der Waals surface area contributed by atoms with E-state index in [9.17, 15) is 14.0 Å². The second-order valence-corrected chi connectivity index (χ2v) is 10.6. The Labute approximate surface area is 199 Å². The molecule has 0 atom stereocenters. The molecule has 0 spiro atoms. The molecule has 0 saturated carbocycles. The number of carbonyl (C=O) groups is 2. The van der Waals surface area contributed by atoms with Gasteiger partial charge in [-0.3, -0.25) is 9.69 Å².